The molecule has 0 saturated carbocycles. The molecule has 0 aliphatic carbocycles. The van der Waals surface area contributed by atoms with E-state index in [4.69, 9.17) is 12.2 Å². The van der Waals surface area contributed by atoms with E-state index < -0.39 is 0 Å². The number of likely N-dealkylation sites (N-methyl/N-ethyl adjacent to an activating group) is 1. The molecule has 0 unspecified atom stereocenters. The monoisotopic (exact) mass is 377 g/mol. The molecular formula is C21H23N5S. The summed E-state index contributed by atoms with van der Waals surface area (Å²) in [7, 11) is 2.04. The lowest BCUT2D eigenvalue weighted by molar-refractivity contribution is 0.367. The van der Waals surface area contributed by atoms with E-state index in [0.717, 1.165) is 22.3 Å². The molecule has 1 aliphatic heterocycles. The second-order valence-corrected chi connectivity index (χ2v) is 7.48. The first kappa shape index (κ1) is 17.7. The van der Waals surface area contributed by atoms with Crippen molar-refractivity contribution >= 4 is 17.3 Å². The third kappa shape index (κ3) is 3.00. The zero-order valence-electron chi connectivity index (χ0n) is 16.0. The van der Waals surface area contributed by atoms with E-state index in [9.17, 15) is 0 Å². The number of rotatable bonds is 3. The lowest BCUT2D eigenvalue weighted by Crippen LogP contribution is -2.25. The Kier molecular flexibility index (Phi) is 4.44. The third-order valence-corrected chi connectivity index (χ3v) is 5.66. The zero-order valence-corrected chi connectivity index (χ0v) is 16.8. The van der Waals surface area contributed by atoms with Crippen molar-refractivity contribution in [3.63, 3.8) is 0 Å². The molecule has 4 heterocycles. The molecule has 0 bridgehead atoms. The number of thiocarbonyl (C=S) groups is 1. The van der Waals surface area contributed by atoms with Gasteiger partial charge < -0.3 is 14.8 Å². The summed E-state index contributed by atoms with van der Waals surface area (Å²) in [4.78, 5) is 11.3. The molecule has 0 radical (unpaired) electrons. The van der Waals surface area contributed by atoms with Gasteiger partial charge in [-0.2, -0.15) is 0 Å². The molecule has 0 aromatic carbocycles. The highest BCUT2D eigenvalue weighted by atomic mass is 32.1. The predicted molar refractivity (Wildman–Crippen MR) is 111 cm³/mol. The molecule has 2 atom stereocenters. The van der Waals surface area contributed by atoms with Crippen molar-refractivity contribution in [1.82, 2.24) is 24.8 Å². The van der Waals surface area contributed by atoms with Crippen molar-refractivity contribution in [3.8, 4) is 5.82 Å². The van der Waals surface area contributed by atoms with Crippen LogP contribution >= 0.6 is 12.2 Å². The second-order valence-electron chi connectivity index (χ2n) is 7.09. The molecule has 1 saturated heterocycles. The molecule has 4 rings (SSSR count). The molecule has 138 valence electrons. The Hall–Kier alpha value is -2.73. The van der Waals surface area contributed by atoms with Crippen molar-refractivity contribution < 1.29 is 0 Å². The van der Waals surface area contributed by atoms with E-state index >= 15 is 0 Å². The van der Waals surface area contributed by atoms with E-state index in [-0.39, 0.29) is 12.1 Å². The highest BCUT2D eigenvalue weighted by Gasteiger charge is 2.39. The van der Waals surface area contributed by atoms with Crippen LogP contribution in [0.1, 0.15) is 40.3 Å². The van der Waals surface area contributed by atoms with Crippen LogP contribution in [0.15, 0.2) is 48.8 Å². The maximum atomic E-state index is 5.56. The molecular weight excluding hydrogens is 354 g/mol. The number of pyridine rings is 2. The van der Waals surface area contributed by atoms with E-state index in [1.165, 1.54) is 16.8 Å². The first-order valence-electron chi connectivity index (χ1n) is 9.03. The van der Waals surface area contributed by atoms with E-state index in [1.807, 2.05) is 43.7 Å². The number of nitrogens with one attached hydrogen (secondary N) is 1. The van der Waals surface area contributed by atoms with Crippen LogP contribution in [0.25, 0.3) is 5.82 Å². The Bertz CT molecular complexity index is 995. The summed E-state index contributed by atoms with van der Waals surface area (Å²) in [6, 6.07) is 12.5. The molecule has 0 spiro atoms. The molecule has 1 aliphatic rings. The Morgan fingerprint density at radius 2 is 1.85 bits per heavy atom. The number of aromatic nitrogens is 3. The normalized spacial score (nSPS) is 19.4. The maximum absolute atomic E-state index is 5.56. The van der Waals surface area contributed by atoms with Crippen molar-refractivity contribution in [3.05, 3.63) is 77.0 Å². The Labute approximate surface area is 165 Å². The SMILES string of the molecule is Cc1ccnc(-n2c(C)cc([C@@H]3[C@@H](c4ccccn4)NC(=S)N3C)c2C)c1. The maximum Gasteiger partial charge on any atom is 0.169 e. The highest BCUT2D eigenvalue weighted by Crippen LogP contribution is 2.40. The van der Waals surface area contributed by atoms with E-state index in [0.29, 0.717) is 0 Å². The summed E-state index contributed by atoms with van der Waals surface area (Å²) in [5.74, 6) is 0.946. The first-order valence-corrected chi connectivity index (χ1v) is 9.44. The second kappa shape index (κ2) is 6.78. The van der Waals surface area contributed by atoms with Gasteiger partial charge in [-0.25, -0.2) is 4.98 Å². The van der Waals surface area contributed by atoms with Crippen molar-refractivity contribution in [2.24, 2.45) is 0 Å². The van der Waals surface area contributed by atoms with Gasteiger partial charge in [0.05, 0.1) is 17.8 Å². The van der Waals surface area contributed by atoms with Crippen LogP contribution in [0.2, 0.25) is 0 Å². The summed E-state index contributed by atoms with van der Waals surface area (Å²) in [5.41, 5.74) is 5.76. The molecule has 1 N–H and O–H groups in total. The number of hydrogen-bond donors (Lipinski definition) is 1. The Morgan fingerprint density at radius 3 is 2.56 bits per heavy atom. The third-order valence-electron chi connectivity index (χ3n) is 5.26. The summed E-state index contributed by atoms with van der Waals surface area (Å²) in [5, 5.41) is 4.19. The Morgan fingerprint density at radius 1 is 1.04 bits per heavy atom. The average Bonchev–Trinajstić information content (AvgIpc) is 3.11. The van der Waals surface area contributed by atoms with Gasteiger partial charge in [0.1, 0.15) is 5.82 Å². The van der Waals surface area contributed by atoms with Gasteiger partial charge >= 0.3 is 0 Å². The van der Waals surface area contributed by atoms with E-state index in [1.54, 1.807) is 0 Å². The standard InChI is InChI=1S/C21H23N5S/c1-13-8-10-23-18(11-13)26-14(2)12-16(15(26)3)20-19(24-21(27)25(20)4)17-7-5-6-9-22-17/h5-12,19-20H,1-4H3,(H,24,27)/t19-,20-/m1/s1. The van der Waals surface area contributed by atoms with Crippen molar-refractivity contribution in [1.29, 1.82) is 0 Å². The summed E-state index contributed by atoms with van der Waals surface area (Å²) < 4.78 is 2.22. The topological polar surface area (TPSA) is 46.0 Å². The van der Waals surface area contributed by atoms with Gasteiger partial charge in [-0.15, -0.1) is 0 Å². The van der Waals surface area contributed by atoms with Gasteiger partial charge in [-0.1, -0.05) is 6.07 Å². The highest BCUT2D eigenvalue weighted by molar-refractivity contribution is 7.80. The smallest absolute Gasteiger partial charge is 0.169 e. The molecule has 3 aromatic rings. The van der Waals surface area contributed by atoms with Crippen molar-refractivity contribution in [2.75, 3.05) is 7.05 Å². The summed E-state index contributed by atoms with van der Waals surface area (Å²) >= 11 is 5.56. The summed E-state index contributed by atoms with van der Waals surface area (Å²) in [6.45, 7) is 6.36. The van der Waals surface area contributed by atoms with Gasteiger partial charge in [0.15, 0.2) is 5.11 Å². The fraction of sp³-hybridized carbons (Fsp3) is 0.286. The number of nitrogens with zero attached hydrogens (tertiary/aromatic N) is 4. The van der Waals surface area contributed by atoms with Crippen LogP contribution in [0.5, 0.6) is 0 Å². The van der Waals surface area contributed by atoms with Crippen LogP contribution in [-0.4, -0.2) is 31.6 Å². The predicted octanol–water partition coefficient (Wildman–Crippen LogP) is 3.79. The van der Waals surface area contributed by atoms with Crippen LogP contribution < -0.4 is 5.32 Å². The minimum atomic E-state index is 0.0168. The molecule has 3 aromatic heterocycles. The number of aryl methyl sites for hydroxylation is 2. The average molecular weight is 378 g/mol. The van der Waals surface area contributed by atoms with Crippen LogP contribution in [0, 0.1) is 20.8 Å². The largest absolute Gasteiger partial charge is 0.352 e. The van der Waals surface area contributed by atoms with Crippen LogP contribution in [0.4, 0.5) is 0 Å². The molecule has 5 nitrogen and oxygen atoms in total. The first-order chi connectivity index (χ1) is 13.0. The van der Waals surface area contributed by atoms with Gasteiger partial charge in [-0.05, 0) is 74.4 Å². The minimum absolute atomic E-state index is 0.0168. The fourth-order valence-electron chi connectivity index (χ4n) is 3.93. The number of hydrogen-bond acceptors (Lipinski definition) is 3. The quantitative estimate of drug-likeness (QED) is 0.704. The van der Waals surface area contributed by atoms with Crippen LogP contribution in [0.3, 0.4) is 0 Å². The Balaban J connectivity index is 1.82. The van der Waals surface area contributed by atoms with E-state index in [2.05, 4.69) is 57.7 Å². The lowest BCUT2D eigenvalue weighted by atomic mass is 9.97. The van der Waals surface area contributed by atoms with Gasteiger partial charge in [-0.3, -0.25) is 4.98 Å². The lowest BCUT2D eigenvalue weighted by Gasteiger charge is -2.24. The van der Waals surface area contributed by atoms with Crippen molar-refractivity contribution in [2.45, 2.75) is 32.9 Å². The molecule has 1 fully saturated rings. The molecule has 6 heteroatoms. The van der Waals surface area contributed by atoms with Gasteiger partial charge in [0.25, 0.3) is 0 Å². The minimum Gasteiger partial charge on any atom is -0.352 e. The van der Waals surface area contributed by atoms with Gasteiger partial charge in [0, 0.05) is 30.8 Å². The molecule has 27 heavy (non-hydrogen) atoms. The van der Waals surface area contributed by atoms with Crippen LogP contribution in [-0.2, 0) is 0 Å². The zero-order chi connectivity index (χ0) is 19.1. The summed E-state index contributed by atoms with van der Waals surface area (Å²) in [6.07, 6.45) is 3.69. The van der Waals surface area contributed by atoms with Gasteiger partial charge in [0.2, 0.25) is 0 Å². The fourth-order valence-corrected chi connectivity index (χ4v) is 4.17. The molecule has 0 amide bonds.